The number of amides is 1. The van der Waals surface area contributed by atoms with Crippen molar-refractivity contribution in [2.45, 2.75) is 13.3 Å². The van der Waals surface area contributed by atoms with Gasteiger partial charge in [-0.1, -0.05) is 0 Å². The summed E-state index contributed by atoms with van der Waals surface area (Å²) in [5.41, 5.74) is 0. The lowest BCUT2D eigenvalue weighted by atomic mass is 10.1. The Morgan fingerprint density at radius 2 is 2.50 bits per heavy atom. The normalized spacial score (nSPS) is 25.4. The van der Waals surface area contributed by atoms with Crippen LogP contribution in [0, 0.1) is 5.92 Å². The first kappa shape index (κ1) is 7.54. The Morgan fingerprint density at radius 1 is 1.80 bits per heavy atom. The maximum absolute atomic E-state index is 10.8. The molecule has 0 aromatic rings. The molecule has 0 aliphatic carbocycles. The summed E-state index contributed by atoms with van der Waals surface area (Å²) in [7, 11) is 0. The molecule has 1 aliphatic rings. The Kier molecular flexibility index (Phi) is 2.27. The second-order valence-corrected chi connectivity index (χ2v) is 2.80. The summed E-state index contributed by atoms with van der Waals surface area (Å²) in [6, 6.07) is 0. The van der Waals surface area contributed by atoms with E-state index in [0.29, 0.717) is 5.92 Å². The Balaban J connectivity index is 2.35. The van der Waals surface area contributed by atoms with Crippen molar-refractivity contribution < 1.29 is 9.90 Å². The molecule has 1 fully saturated rings. The van der Waals surface area contributed by atoms with Crippen LogP contribution in [0.3, 0.4) is 0 Å². The van der Waals surface area contributed by atoms with E-state index in [1.165, 1.54) is 0 Å². The predicted molar refractivity (Wildman–Crippen MR) is 37.4 cm³/mol. The standard InChI is InChI=1S/C7H13NO2/c1-6(10)8-3-2-7(4-8)5-9/h7,9H,2-5H2,1H3. The van der Waals surface area contributed by atoms with Crippen LogP contribution < -0.4 is 0 Å². The first-order chi connectivity index (χ1) is 4.74. The Bertz CT molecular complexity index is 136. The van der Waals surface area contributed by atoms with Crippen LogP contribution in [0.15, 0.2) is 0 Å². The van der Waals surface area contributed by atoms with E-state index < -0.39 is 0 Å². The molecule has 1 unspecified atom stereocenters. The van der Waals surface area contributed by atoms with Crippen LogP contribution in [0.2, 0.25) is 0 Å². The average molecular weight is 143 g/mol. The third-order valence-electron chi connectivity index (χ3n) is 1.99. The highest BCUT2D eigenvalue weighted by molar-refractivity contribution is 5.73. The van der Waals surface area contributed by atoms with Gasteiger partial charge in [-0.15, -0.1) is 0 Å². The lowest BCUT2D eigenvalue weighted by Gasteiger charge is -2.12. The summed E-state index contributed by atoms with van der Waals surface area (Å²) in [6.45, 7) is 3.34. The van der Waals surface area contributed by atoms with Crippen molar-refractivity contribution in [3.05, 3.63) is 0 Å². The van der Waals surface area contributed by atoms with Gasteiger partial charge in [0.2, 0.25) is 5.91 Å². The van der Waals surface area contributed by atoms with Gasteiger partial charge in [0.25, 0.3) is 0 Å². The van der Waals surface area contributed by atoms with Gasteiger partial charge >= 0.3 is 0 Å². The molecule has 1 saturated heterocycles. The third kappa shape index (κ3) is 1.48. The van der Waals surface area contributed by atoms with Gasteiger partial charge < -0.3 is 10.0 Å². The highest BCUT2D eigenvalue weighted by Crippen LogP contribution is 2.14. The fraction of sp³-hybridized carbons (Fsp3) is 0.857. The molecule has 1 rings (SSSR count). The quantitative estimate of drug-likeness (QED) is 0.554. The molecule has 10 heavy (non-hydrogen) atoms. The number of carbonyl (C=O) groups excluding carboxylic acids is 1. The van der Waals surface area contributed by atoms with Gasteiger partial charge in [0, 0.05) is 32.5 Å². The van der Waals surface area contributed by atoms with Crippen molar-refractivity contribution in [1.29, 1.82) is 0 Å². The molecule has 0 radical (unpaired) electrons. The molecule has 0 spiro atoms. The van der Waals surface area contributed by atoms with E-state index in [4.69, 9.17) is 5.11 Å². The monoisotopic (exact) mass is 143 g/mol. The van der Waals surface area contributed by atoms with Crippen LogP contribution in [-0.4, -0.2) is 35.6 Å². The van der Waals surface area contributed by atoms with Gasteiger partial charge in [0.15, 0.2) is 0 Å². The molecule has 1 heterocycles. The van der Waals surface area contributed by atoms with Crippen LogP contribution in [0.4, 0.5) is 0 Å². The van der Waals surface area contributed by atoms with Crippen LogP contribution in [-0.2, 0) is 4.79 Å². The Labute approximate surface area is 60.6 Å². The minimum atomic E-state index is 0.121. The molecule has 0 aromatic carbocycles. The first-order valence-corrected chi connectivity index (χ1v) is 3.60. The number of aliphatic hydroxyl groups excluding tert-OH is 1. The summed E-state index contributed by atoms with van der Waals surface area (Å²) in [4.78, 5) is 12.5. The summed E-state index contributed by atoms with van der Waals surface area (Å²) in [5.74, 6) is 0.444. The summed E-state index contributed by atoms with van der Waals surface area (Å²) >= 11 is 0. The molecular weight excluding hydrogens is 130 g/mol. The highest BCUT2D eigenvalue weighted by Gasteiger charge is 2.22. The van der Waals surface area contributed by atoms with Crippen molar-refractivity contribution in [1.82, 2.24) is 4.90 Å². The molecule has 0 saturated carbocycles. The number of carbonyl (C=O) groups is 1. The molecule has 1 amide bonds. The maximum Gasteiger partial charge on any atom is 0.219 e. The molecule has 58 valence electrons. The maximum atomic E-state index is 10.8. The third-order valence-corrected chi connectivity index (χ3v) is 1.99. The number of likely N-dealkylation sites (tertiary alicyclic amines) is 1. The van der Waals surface area contributed by atoms with Crippen molar-refractivity contribution >= 4 is 5.91 Å². The number of nitrogens with zero attached hydrogens (tertiary/aromatic N) is 1. The number of hydrogen-bond donors (Lipinski definition) is 1. The fourth-order valence-electron chi connectivity index (χ4n) is 1.27. The van der Waals surface area contributed by atoms with Crippen molar-refractivity contribution in [2.24, 2.45) is 5.92 Å². The van der Waals surface area contributed by atoms with Crippen LogP contribution in [0.25, 0.3) is 0 Å². The second-order valence-electron chi connectivity index (χ2n) is 2.80. The number of rotatable bonds is 1. The molecular formula is C7H13NO2. The minimum absolute atomic E-state index is 0.121. The zero-order valence-electron chi connectivity index (χ0n) is 6.21. The summed E-state index contributed by atoms with van der Waals surface area (Å²) in [6.07, 6.45) is 0.954. The zero-order valence-corrected chi connectivity index (χ0v) is 6.21. The lowest BCUT2D eigenvalue weighted by Crippen LogP contribution is -2.26. The van der Waals surface area contributed by atoms with Gasteiger partial charge in [-0.05, 0) is 6.42 Å². The fourth-order valence-corrected chi connectivity index (χ4v) is 1.27. The first-order valence-electron chi connectivity index (χ1n) is 3.60. The minimum Gasteiger partial charge on any atom is -0.396 e. The summed E-state index contributed by atoms with van der Waals surface area (Å²) < 4.78 is 0. The van der Waals surface area contributed by atoms with E-state index in [0.717, 1.165) is 19.5 Å². The van der Waals surface area contributed by atoms with Crippen LogP contribution in [0.5, 0.6) is 0 Å². The molecule has 0 bridgehead atoms. The lowest BCUT2D eigenvalue weighted by molar-refractivity contribution is -0.127. The van der Waals surface area contributed by atoms with Crippen molar-refractivity contribution in [3.8, 4) is 0 Å². The number of hydrogen-bond acceptors (Lipinski definition) is 2. The number of aliphatic hydroxyl groups is 1. The van der Waals surface area contributed by atoms with Gasteiger partial charge in [-0.25, -0.2) is 0 Å². The molecule has 1 aliphatic heterocycles. The topological polar surface area (TPSA) is 40.5 Å². The van der Waals surface area contributed by atoms with E-state index in [1.54, 1.807) is 11.8 Å². The Morgan fingerprint density at radius 3 is 2.80 bits per heavy atom. The largest absolute Gasteiger partial charge is 0.396 e. The van der Waals surface area contributed by atoms with Gasteiger partial charge in [-0.2, -0.15) is 0 Å². The highest BCUT2D eigenvalue weighted by atomic mass is 16.3. The second kappa shape index (κ2) is 3.01. The van der Waals surface area contributed by atoms with Crippen molar-refractivity contribution in [2.75, 3.05) is 19.7 Å². The van der Waals surface area contributed by atoms with Crippen molar-refractivity contribution in [3.63, 3.8) is 0 Å². The van der Waals surface area contributed by atoms with Gasteiger partial charge in [-0.3, -0.25) is 4.79 Å². The molecule has 1 atom stereocenters. The molecule has 1 N–H and O–H groups in total. The van der Waals surface area contributed by atoms with E-state index in [-0.39, 0.29) is 12.5 Å². The van der Waals surface area contributed by atoms with E-state index in [9.17, 15) is 4.79 Å². The SMILES string of the molecule is CC(=O)N1CCC(CO)C1. The van der Waals surface area contributed by atoms with Gasteiger partial charge in [0.05, 0.1) is 0 Å². The van der Waals surface area contributed by atoms with E-state index >= 15 is 0 Å². The van der Waals surface area contributed by atoms with E-state index in [1.807, 2.05) is 0 Å². The summed E-state index contributed by atoms with van der Waals surface area (Å²) in [5, 5.41) is 8.73. The molecule has 0 aromatic heterocycles. The Hall–Kier alpha value is -0.570. The van der Waals surface area contributed by atoms with Crippen LogP contribution >= 0.6 is 0 Å². The van der Waals surface area contributed by atoms with Gasteiger partial charge in [0.1, 0.15) is 0 Å². The van der Waals surface area contributed by atoms with Crippen LogP contribution in [0.1, 0.15) is 13.3 Å². The van der Waals surface area contributed by atoms with E-state index in [2.05, 4.69) is 0 Å². The average Bonchev–Trinajstić information content (AvgIpc) is 2.34. The smallest absolute Gasteiger partial charge is 0.219 e. The molecule has 3 nitrogen and oxygen atoms in total. The predicted octanol–water partition coefficient (Wildman–Crippen LogP) is -0.153. The zero-order chi connectivity index (χ0) is 7.56. The molecule has 3 heteroatoms.